The van der Waals surface area contributed by atoms with Gasteiger partial charge in [-0.25, -0.2) is 4.99 Å². The normalized spacial score (nSPS) is 21.2. The molecule has 0 aromatic rings. The van der Waals surface area contributed by atoms with Gasteiger partial charge in [0, 0.05) is 18.6 Å². The van der Waals surface area contributed by atoms with Gasteiger partial charge in [-0.1, -0.05) is 0 Å². The first-order valence-electron chi connectivity index (χ1n) is 2.31. The number of rotatable bonds is 0. The first kappa shape index (κ1) is 4.90. The van der Waals surface area contributed by atoms with E-state index in [4.69, 9.17) is 5.73 Å². The lowest BCUT2D eigenvalue weighted by Gasteiger charge is -2.00. The summed E-state index contributed by atoms with van der Waals surface area (Å²) in [6.45, 7) is 0. The van der Waals surface area contributed by atoms with Crippen molar-refractivity contribution < 1.29 is 0 Å². The van der Waals surface area contributed by atoms with E-state index < -0.39 is 0 Å². The molecule has 42 valence electrons. The molecule has 1 rings (SSSR count). The van der Waals surface area contributed by atoms with Crippen molar-refractivity contribution in [3.8, 4) is 0 Å². The van der Waals surface area contributed by atoms with E-state index in [1.54, 1.807) is 18.5 Å². The second-order valence-electron chi connectivity index (χ2n) is 1.33. The van der Waals surface area contributed by atoms with Crippen LogP contribution in [0.25, 0.3) is 0 Å². The largest absolute Gasteiger partial charge is 0.402 e. The summed E-state index contributed by atoms with van der Waals surface area (Å²) in [5.74, 6) is 0.688. The van der Waals surface area contributed by atoms with E-state index in [9.17, 15) is 0 Å². The van der Waals surface area contributed by atoms with Crippen molar-refractivity contribution in [1.29, 1.82) is 0 Å². The number of allylic oxidation sites excluding steroid dienone is 1. The van der Waals surface area contributed by atoms with Crippen molar-refractivity contribution in [2.45, 2.75) is 0 Å². The maximum atomic E-state index is 5.13. The first-order chi connectivity index (χ1) is 3.93. The van der Waals surface area contributed by atoms with Gasteiger partial charge in [-0.3, -0.25) is 0 Å². The number of hydrogen-bond donors (Lipinski definition) is 2. The number of aliphatic imine (C=N–C) groups is 1. The van der Waals surface area contributed by atoms with Crippen LogP contribution in [0.2, 0.25) is 0 Å². The maximum absolute atomic E-state index is 5.13. The third-order valence-electron chi connectivity index (χ3n) is 0.785. The molecule has 1 aliphatic rings. The molecule has 0 amide bonds. The Hall–Kier alpha value is -1.25. The van der Waals surface area contributed by atoms with Gasteiger partial charge in [0.05, 0.1) is 0 Å². The van der Waals surface area contributed by atoms with Crippen molar-refractivity contribution in [3.05, 3.63) is 24.3 Å². The third-order valence-corrected chi connectivity index (χ3v) is 0.785. The molecule has 0 atom stereocenters. The minimum atomic E-state index is 0.688. The highest BCUT2D eigenvalue weighted by atomic mass is 15.0. The van der Waals surface area contributed by atoms with E-state index in [2.05, 4.69) is 10.3 Å². The predicted molar refractivity (Wildman–Crippen MR) is 33.0 cm³/mol. The van der Waals surface area contributed by atoms with E-state index in [1.807, 2.05) is 0 Å². The fraction of sp³-hybridized carbons (Fsp3) is 0. The summed E-state index contributed by atoms with van der Waals surface area (Å²) in [4.78, 5) is 3.86. The maximum Gasteiger partial charge on any atom is 0.145 e. The van der Waals surface area contributed by atoms with Gasteiger partial charge < -0.3 is 11.1 Å². The highest BCUT2D eigenvalue weighted by Crippen LogP contribution is 1.90. The second-order valence-corrected chi connectivity index (χ2v) is 1.33. The van der Waals surface area contributed by atoms with Gasteiger partial charge in [0.15, 0.2) is 0 Å². The predicted octanol–water partition coefficient (Wildman–Crippen LogP) is -0.0683. The summed E-state index contributed by atoms with van der Waals surface area (Å²) in [7, 11) is 0. The highest BCUT2D eigenvalue weighted by Gasteiger charge is 1.87. The van der Waals surface area contributed by atoms with Crippen LogP contribution < -0.4 is 11.1 Å². The van der Waals surface area contributed by atoms with Crippen LogP contribution in [0.15, 0.2) is 29.3 Å². The molecule has 0 saturated heterocycles. The summed E-state index contributed by atoms with van der Waals surface area (Å²) in [5, 5.41) is 2.83. The Balaban J connectivity index is 2.66. The molecular weight excluding hydrogens is 102 g/mol. The Kier molecular flexibility index (Phi) is 1.32. The number of nitrogens with two attached hydrogens (primary N) is 1. The molecule has 0 radical (unpaired) electrons. The molecule has 0 bridgehead atoms. The van der Waals surface area contributed by atoms with Crippen LogP contribution in [0.1, 0.15) is 0 Å². The minimum Gasteiger partial charge on any atom is -0.402 e. The number of nitrogens with zero attached hydrogens (tertiary/aromatic N) is 1. The summed E-state index contributed by atoms with van der Waals surface area (Å²) < 4.78 is 0. The molecule has 0 aliphatic carbocycles. The Morgan fingerprint density at radius 1 is 1.75 bits per heavy atom. The molecule has 3 N–H and O–H groups in total. The molecule has 3 nitrogen and oxygen atoms in total. The van der Waals surface area contributed by atoms with Crippen molar-refractivity contribution in [2.75, 3.05) is 0 Å². The lowest BCUT2D eigenvalue weighted by Crippen LogP contribution is -2.07. The van der Waals surface area contributed by atoms with E-state index in [1.165, 1.54) is 6.20 Å². The van der Waals surface area contributed by atoms with Crippen molar-refractivity contribution in [2.24, 2.45) is 10.7 Å². The summed E-state index contributed by atoms with van der Waals surface area (Å²) >= 11 is 0. The Bertz CT molecular complexity index is 155. The molecule has 1 heterocycles. The number of nitrogens with one attached hydrogen (secondary N) is 1. The fourth-order valence-electron chi connectivity index (χ4n) is 0.428. The van der Waals surface area contributed by atoms with E-state index in [0.717, 1.165) is 0 Å². The van der Waals surface area contributed by atoms with Gasteiger partial charge in [-0.15, -0.1) is 0 Å². The van der Waals surface area contributed by atoms with Gasteiger partial charge >= 0.3 is 0 Å². The highest BCUT2D eigenvalue weighted by molar-refractivity contribution is 5.73. The van der Waals surface area contributed by atoms with E-state index >= 15 is 0 Å². The Morgan fingerprint density at radius 3 is 3.00 bits per heavy atom. The van der Waals surface area contributed by atoms with Crippen molar-refractivity contribution in [1.82, 2.24) is 5.32 Å². The van der Waals surface area contributed by atoms with Gasteiger partial charge in [0.25, 0.3) is 0 Å². The zero-order valence-electron chi connectivity index (χ0n) is 4.33. The van der Waals surface area contributed by atoms with Gasteiger partial charge in [0.1, 0.15) is 5.82 Å². The lowest BCUT2D eigenvalue weighted by atomic mass is 10.5. The number of hydrogen-bond acceptors (Lipinski definition) is 3. The average molecular weight is 109 g/mol. The van der Waals surface area contributed by atoms with Crippen LogP contribution in [0.5, 0.6) is 0 Å². The summed E-state index contributed by atoms with van der Waals surface area (Å²) in [6.07, 6.45) is 6.66. The van der Waals surface area contributed by atoms with Crippen molar-refractivity contribution in [3.63, 3.8) is 0 Å². The Morgan fingerprint density at radius 2 is 2.62 bits per heavy atom. The van der Waals surface area contributed by atoms with Crippen LogP contribution in [0.4, 0.5) is 0 Å². The molecule has 0 saturated carbocycles. The quantitative estimate of drug-likeness (QED) is 0.457. The molecule has 3 heteroatoms. The van der Waals surface area contributed by atoms with Crippen LogP contribution in [-0.4, -0.2) is 6.21 Å². The standard InChI is InChI=1S/C5H7N3/c6-4-5-7-2-1-3-8-5/h1-4,7H,6H2/b5-4+. The van der Waals surface area contributed by atoms with Crippen molar-refractivity contribution >= 4 is 6.21 Å². The molecule has 0 aromatic heterocycles. The monoisotopic (exact) mass is 109 g/mol. The Labute approximate surface area is 47.6 Å². The fourth-order valence-corrected chi connectivity index (χ4v) is 0.428. The molecule has 1 aliphatic heterocycles. The molecule has 0 unspecified atom stereocenters. The minimum absolute atomic E-state index is 0.688. The first-order valence-corrected chi connectivity index (χ1v) is 2.31. The zero-order valence-corrected chi connectivity index (χ0v) is 4.33. The topological polar surface area (TPSA) is 50.4 Å². The van der Waals surface area contributed by atoms with Gasteiger partial charge in [-0.2, -0.15) is 0 Å². The lowest BCUT2D eigenvalue weighted by molar-refractivity contribution is 1.01. The van der Waals surface area contributed by atoms with Crippen LogP contribution >= 0.6 is 0 Å². The summed E-state index contributed by atoms with van der Waals surface area (Å²) in [6, 6.07) is 0. The molecule has 8 heavy (non-hydrogen) atoms. The van der Waals surface area contributed by atoms with E-state index in [-0.39, 0.29) is 0 Å². The smallest absolute Gasteiger partial charge is 0.145 e. The average Bonchev–Trinajstić information content (AvgIpc) is 1.90. The van der Waals surface area contributed by atoms with Gasteiger partial charge in [-0.05, 0) is 6.08 Å². The van der Waals surface area contributed by atoms with Crippen LogP contribution in [0, 0.1) is 0 Å². The SMILES string of the molecule is N/C=C1/N=CC=CN1. The van der Waals surface area contributed by atoms with Gasteiger partial charge in [0.2, 0.25) is 0 Å². The van der Waals surface area contributed by atoms with Crippen LogP contribution in [0.3, 0.4) is 0 Å². The molecule has 0 aromatic carbocycles. The van der Waals surface area contributed by atoms with Crippen LogP contribution in [-0.2, 0) is 0 Å². The molecule has 0 spiro atoms. The molecular formula is C5H7N3. The third kappa shape index (κ3) is 0.872. The zero-order chi connectivity index (χ0) is 5.82. The molecule has 0 fully saturated rings. The second kappa shape index (κ2) is 2.16. The van der Waals surface area contributed by atoms with E-state index in [0.29, 0.717) is 5.82 Å². The summed E-state index contributed by atoms with van der Waals surface area (Å²) in [5.41, 5.74) is 5.13.